The molecule has 0 radical (unpaired) electrons. The van der Waals surface area contributed by atoms with Gasteiger partial charge in [-0.2, -0.15) is 0 Å². The van der Waals surface area contributed by atoms with Crippen LogP contribution in [0.2, 0.25) is 0 Å². The molecule has 3 aromatic carbocycles. The molecule has 4 N–H and O–H groups in total. The van der Waals surface area contributed by atoms with Gasteiger partial charge in [0.05, 0.1) is 6.10 Å². The zero-order chi connectivity index (χ0) is 23.7. The maximum absolute atomic E-state index is 12.3. The number of aliphatic hydroxyl groups is 2. The molecule has 3 aromatic rings. The van der Waals surface area contributed by atoms with E-state index in [1.54, 1.807) is 18.2 Å². The van der Waals surface area contributed by atoms with E-state index in [0.29, 0.717) is 17.7 Å². The number of carbonyl (C=O) groups is 2. The number of amides is 2. The number of aliphatic hydroxyl groups excluding tert-OH is 2. The highest BCUT2D eigenvalue weighted by atomic mass is 16.5. The number of benzene rings is 3. The Morgan fingerprint density at radius 3 is 2.38 bits per heavy atom. The van der Waals surface area contributed by atoms with Crippen LogP contribution in [0.15, 0.2) is 66.7 Å². The second-order valence-corrected chi connectivity index (χ2v) is 8.65. The molecule has 174 valence electrons. The van der Waals surface area contributed by atoms with Crippen molar-refractivity contribution in [2.45, 2.75) is 31.1 Å². The maximum atomic E-state index is 12.3. The Bertz CT molecular complexity index is 1200. The van der Waals surface area contributed by atoms with Gasteiger partial charge < -0.3 is 25.6 Å². The van der Waals surface area contributed by atoms with Crippen molar-refractivity contribution < 1.29 is 24.5 Å². The quantitative estimate of drug-likeness (QED) is 0.435. The molecule has 0 fully saturated rings. The van der Waals surface area contributed by atoms with Crippen molar-refractivity contribution in [2.75, 3.05) is 13.2 Å². The number of hydrogen-bond donors (Lipinski definition) is 4. The Hall–Kier alpha value is -3.68. The Balaban J connectivity index is 1.12. The SMILES string of the molecule is O=C(NCCC(O)C(O)c1ccc2c(c1)CNC2=O)OCC1c2ccccc2-c2ccccc21. The first-order chi connectivity index (χ1) is 16.5. The monoisotopic (exact) mass is 458 g/mol. The summed E-state index contributed by atoms with van der Waals surface area (Å²) in [5, 5.41) is 26.2. The summed E-state index contributed by atoms with van der Waals surface area (Å²) in [7, 11) is 0. The molecule has 2 atom stereocenters. The Morgan fingerprint density at radius 1 is 1.00 bits per heavy atom. The lowest BCUT2D eigenvalue weighted by molar-refractivity contribution is 0.0136. The number of hydrogen-bond acceptors (Lipinski definition) is 5. The van der Waals surface area contributed by atoms with Crippen LogP contribution in [0.4, 0.5) is 4.79 Å². The molecule has 0 aromatic heterocycles. The standard InChI is InChI=1S/C27H26N2O5/c30-24(25(31)16-9-10-18-17(13-16)14-29-26(18)32)11-12-28-27(33)34-15-23-21-7-3-1-5-19(21)20-6-2-4-8-22(20)23/h1-10,13,23-25,30-31H,11-12,14-15H2,(H,28,33)(H,29,32). The van der Waals surface area contributed by atoms with Gasteiger partial charge in [-0.25, -0.2) is 4.79 Å². The maximum Gasteiger partial charge on any atom is 0.407 e. The summed E-state index contributed by atoms with van der Waals surface area (Å²) in [6.45, 7) is 0.779. The number of rotatable bonds is 7. The molecule has 7 heteroatoms. The molecule has 2 aliphatic rings. The van der Waals surface area contributed by atoms with Crippen LogP contribution in [0.1, 0.15) is 51.1 Å². The fourth-order valence-electron chi connectivity index (χ4n) is 4.79. The van der Waals surface area contributed by atoms with E-state index in [1.165, 1.54) is 0 Å². The molecule has 1 aliphatic carbocycles. The van der Waals surface area contributed by atoms with Gasteiger partial charge in [0, 0.05) is 24.6 Å². The molecule has 34 heavy (non-hydrogen) atoms. The largest absolute Gasteiger partial charge is 0.449 e. The molecule has 5 rings (SSSR count). The third kappa shape index (κ3) is 4.16. The van der Waals surface area contributed by atoms with Crippen molar-refractivity contribution in [3.8, 4) is 11.1 Å². The molecule has 0 bridgehead atoms. The lowest BCUT2D eigenvalue weighted by Gasteiger charge is -2.19. The van der Waals surface area contributed by atoms with Gasteiger partial charge in [-0.15, -0.1) is 0 Å². The van der Waals surface area contributed by atoms with Crippen molar-refractivity contribution in [3.05, 3.63) is 94.5 Å². The first-order valence-corrected chi connectivity index (χ1v) is 11.4. The molecule has 1 aliphatic heterocycles. The summed E-state index contributed by atoms with van der Waals surface area (Å²) in [5.74, 6) is -0.157. The zero-order valence-corrected chi connectivity index (χ0v) is 18.5. The summed E-state index contributed by atoms with van der Waals surface area (Å²) >= 11 is 0. The van der Waals surface area contributed by atoms with Crippen molar-refractivity contribution in [1.82, 2.24) is 10.6 Å². The molecule has 1 heterocycles. The second-order valence-electron chi connectivity index (χ2n) is 8.65. The van der Waals surface area contributed by atoms with E-state index < -0.39 is 18.3 Å². The fraction of sp³-hybridized carbons (Fsp3) is 0.259. The van der Waals surface area contributed by atoms with Crippen LogP contribution in [0, 0.1) is 0 Å². The van der Waals surface area contributed by atoms with E-state index in [-0.39, 0.29) is 31.4 Å². The van der Waals surface area contributed by atoms with Crippen LogP contribution in [0.25, 0.3) is 11.1 Å². The first kappa shape index (κ1) is 22.1. The summed E-state index contributed by atoms with van der Waals surface area (Å²) in [6, 6.07) is 21.3. The predicted octanol–water partition coefficient (Wildman–Crippen LogP) is 3.25. The fourth-order valence-corrected chi connectivity index (χ4v) is 4.79. The van der Waals surface area contributed by atoms with Gasteiger partial charge in [-0.1, -0.05) is 60.7 Å². The smallest absolute Gasteiger partial charge is 0.407 e. The van der Waals surface area contributed by atoms with E-state index in [9.17, 15) is 19.8 Å². The summed E-state index contributed by atoms with van der Waals surface area (Å²) in [6.07, 6.45) is -2.60. The molecule has 2 amide bonds. The van der Waals surface area contributed by atoms with Gasteiger partial charge in [-0.05, 0) is 45.9 Å². The minimum absolute atomic E-state index is 0.0215. The molecule has 0 spiro atoms. The average Bonchev–Trinajstić information content (AvgIpc) is 3.39. The summed E-state index contributed by atoms with van der Waals surface area (Å²) in [4.78, 5) is 24.0. The van der Waals surface area contributed by atoms with Crippen molar-refractivity contribution in [2.24, 2.45) is 0 Å². The molecular formula is C27H26N2O5. The minimum Gasteiger partial charge on any atom is -0.449 e. The molecule has 7 nitrogen and oxygen atoms in total. The number of alkyl carbamates (subject to hydrolysis) is 1. The highest BCUT2D eigenvalue weighted by molar-refractivity contribution is 5.98. The molecular weight excluding hydrogens is 432 g/mol. The number of fused-ring (bicyclic) bond motifs is 4. The topological polar surface area (TPSA) is 108 Å². The Kier molecular flexibility index (Phi) is 6.04. The third-order valence-electron chi connectivity index (χ3n) is 6.57. The number of nitrogens with one attached hydrogen (secondary N) is 2. The van der Waals surface area contributed by atoms with Gasteiger partial charge >= 0.3 is 6.09 Å². The van der Waals surface area contributed by atoms with Gasteiger partial charge in [-0.3, -0.25) is 4.79 Å². The van der Waals surface area contributed by atoms with Crippen LogP contribution in [0.3, 0.4) is 0 Å². The van der Waals surface area contributed by atoms with Crippen molar-refractivity contribution >= 4 is 12.0 Å². The van der Waals surface area contributed by atoms with E-state index in [4.69, 9.17) is 4.74 Å². The summed E-state index contributed by atoms with van der Waals surface area (Å²) in [5.41, 5.74) is 6.52. The van der Waals surface area contributed by atoms with Crippen LogP contribution in [0.5, 0.6) is 0 Å². The normalized spacial score (nSPS) is 15.6. The van der Waals surface area contributed by atoms with Crippen molar-refractivity contribution in [1.29, 1.82) is 0 Å². The van der Waals surface area contributed by atoms with Crippen LogP contribution in [-0.2, 0) is 11.3 Å². The molecule has 0 saturated heterocycles. The van der Waals surface area contributed by atoms with Crippen LogP contribution in [-0.4, -0.2) is 41.5 Å². The van der Waals surface area contributed by atoms with Gasteiger partial charge in [0.25, 0.3) is 5.91 Å². The third-order valence-corrected chi connectivity index (χ3v) is 6.57. The van der Waals surface area contributed by atoms with Crippen LogP contribution < -0.4 is 10.6 Å². The average molecular weight is 459 g/mol. The highest BCUT2D eigenvalue weighted by Gasteiger charge is 2.29. The lowest BCUT2D eigenvalue weighted by atomic mass is 9.98. The van der Waals surface area contributed by atoms with Crippen LogP contribution >= 0.6 is 0 Å². The first-order valence-electron chi connectivity index (χ1n) is 11.4. The van der Waals surface area contributed by atoms with E-state index >= 15 is 0 Å². The molecule has 0 saturated carbocycles. The minimum atomic E-state index is -1.12. The van der Waals surface area contributed by atoms with E-state index in [1.807, 2.05) is 24.3 Å². The lowest BCUT2D eigenvalue weighted by Crippen LogP contribution is -2.30. The second kappa shape index (κ2) is 9.29. The Labute approximate surface area is 197 Å². The van der Waals surface area contributed by atoms with Gasteiger partial charge in [0.2, 0.25) is 0 Å². The van der Waals surface area contributed by atoms with Crippen molar-refractivity contribution in [3.63, 3.8) is 0 Å². The molecule has 2 unspecified atom stereocenters. The summed E-state index contributed by atoms with van der Waals surface area (Å²) < 4.78 is 5.49. The van der Waals surface area contributed by atoms with E-state index in [0.717, 1.165) is 27.8 Å². The Morgan fingerprint density at radius 2 is 1.68 bits per heavy atom. The predicted molar refractivity (Wildman–Crippen MR) is 126 cm³/mol. The highest BCUT2D eigenvalue weighted by Crippen LogP contribution is 2.44. The van der Waals surface area contributed by atoms with Gasteiger partial charge in [0.1, 0.15) is 12.7 Å². The van der Waals surface area contributed by atoms with Gasteiger partial charge in [0.15, 0.2) is 0 Å². The number of ether oxygens (including phenoxy) is 1. The van der Waals surface area contributed by atoms with E-state index in [2.05, 4.69) is 34.9 Å². The number of carbonyl (C=O) groups excluding carboxylic acids is 2. The zero-order valence-electron chi connectivity index (χ0n) is 18.5.